The number of nitrogens with zero attached hydrogens (tertiary/aromatic N) is 2. The van der Waals surface area contributed by atoms with Gasteiger partial charge in [0.05, 0.1) is 11.0 Å². The van der Waals surface area contributed by atoms with Gasteiger partial charge in [-0.25, -0.2) is 18.4 Å². The number of nitrogens with one attached hydrogen (secondary N) is 1. The van der Waals surface area contributed by atoms with Gasteiger partial charge in [0.2, 0.25) is 0 Å². The van der Waals surface area contributed by atoms with Crippen molar-refractivity contribution in [1.29, 1.82) is 0 Å². The van der Waals surface area contributed by atoms with Gasteiger partial charge in [0.25, 0.3) is 10.0 Å². The van der Waals surface area contributed by atoms with Gasteiger partial charge in [-0.05, 0) is 29.2 Å². The average molecular weight is 400 g/mol. The SMILES string of the molecule is CCc1ccc(-c2c(Cl)ncnc2NS(=O)(=O)C=Cc2ccccc2)cc1. The standard InChI is InChI=1S/C20H18ClN3O2S/c1-2-15-8-10-17(11-9-15)18-19(21)22-14-23-20(18)24-27(25,26)13-12-16-6-4-3-5-7-16/h3-14H,2H2,1H3,(H,22,23,24). The lowest BCUT2D eigenvalue weighted by molar-refractivity contribution is 0.609. The van der Waals surface area contributed by atoms with Crippen molar-refractivity contribution in [3.63, 3.8) is 0 Å². The third-order valence-electron chi connectivity index (χ3n) is 3.93. The zero-order valence-corrected chi connectivity index (χ0v) is 16.2. The lowest BCUT2D eigenvalue weighted by atomic mass is 10.0. The van der Waals surface area contributed by atoms with Crippen LogP contribution in [0.25, 0.3) is 17.2 Å². The maximum absolute atomic E-state index is 12.5. The van der Waals surface area contributed by atoms with Crippen LogP contribution in [0.15, 0.2) is 66.3 Å². The molecule has 1 heterocycles. The van der Waals surface area contributed by atoms with Crippen molar-refractivity contribution >= 4 is 33.5 Å². The largest absolute Gasteiger partial charge is 0.263 e. The summed E-state index contributed by atoms with van der Waals surface area (Å²) >= 11 is 6.24. The molecule has 0 unspecified atom stereocenters. The number of hydrogen-bond donors (Lipinski definition) is 1. The summed E-state index contributed by atoms with van der Waals surface area (Å²) in [4.78, 5) is 8.06. The first-order chi connectivity index (χ1) is 13.0. The monoisotopic (exact) mass is 399 g/mol. The zero-order valence-electron chi connectivity index (χ0n) is 14.6. The van der Waals surface area contributed by atoms with Crippen LogP contribution in [0.1, 0.15) is 18.1 Å². The molecule has 1 N–H and O–H groups in total. The van der Waals surface area contributed by atoms with Crippen molar-refractivity contribution in [1.82, 2.24) is 9.97 Å². The van der Waals surface area contributed by atoms with E-state index in [0.29, 0.717) is 5.56 Å². The smallest absolute Gasteiger partial charge is 0.256 e. The van der Waals surface area contributed by atoms with Gasteiger partial charge in [-0.2, -0.15) is 0 Å². The van der Waals surface area contributed by atoms with Crippen LogP contribution in [-0.4, -0.2) is 18.4 Å². The Bertz CT molecular complexity index is 1050. The van der Waals surface area contributed by atoms with Gasteiger partial charge in [-0.15, -0.1) is 0 Å². The first-order valence-electron chi connectivity index (χ1n) is 8.34. The summed E-state index contributed by atoms with van der Waals surface area (Å²) in [5.74, 6) is 0.136. The predicted molar refractivity (Wildman–Crippen MR) is 110 cm³/mol. The van der Waals surface area contributed by atoms with E-state index >= 15 is 0 Å². The van der Waals surface area contributed by atoms with Crippen LogP contribution >= 0.6 is 11.6 Å². The molecule has 27 heavy (non-hydrogen) atoms. The molecular formula is C20H18ClN3O2S. The molecule has 3 rings (SSSR count). The summed E-state index contributed by atoms with van der Waals surface area (Å²) in [7, 11) is -3.77. The van der Waals surface area contributed by atoms with Crippen molar-refractivity contribution in [3.8, 4) is 11.1 Å². The van der Waals surface area contributed by atoms with E-state index in [1.807, 2.05) is 54.6 Å². The fourth-order valence-electron chi connectivity index (χ4n) is 2.51. The van der Waals surface area contributed by atoms with Crippen LogP contribution < -0.4 is 4.72 Å². The van der Waals surface area contributed by atoms with Crippen molar-refractivity contribution in [2.75, 3.05) is 4.72 Å². The highest BCUT2D eigenvalue weighted by Gasteiger charge is 2.16. The van der Waals surface area contributed by atoms with E-state index in [1.165, 1.54) is 18.0 Å². The van der Waals surface area contributed by atoms with Gasteiger partial charge in [0.15, 0.2) is 5.82 Å². The van der Waals surface area contributed by atoms with Gasteiger partial charge < -0.3 is 0 Å². The molecule has 0 spiro atoms. The summed E-state index contributed by atoms with van der Waals surface area (Å²) in [6, 6.07) is 16.8. The van der Waals surface area contributed by atoms with Crippen molar-refractivity contribution in [2.24, 2.45) is 0 Å². The third-order valence-corrected chi connectivity index (χ3v) is 5.19. The van der Waals surface area contributed by atoms with Crippen LogP contribution in [0, 0.1) is 0 Å². The van der Waals surface area contributed by atoms with E-state index in [2.05, 4.69) is 21.6 Å². The van der Waals surface area contributed by atoms with E-state index in [1.54, 1.807) is 0 Å². The molecule has 0 fully saturated rings. The Labute approximate surface area is 163 Å². The summed E-state index contributed by atoms with van der Waals surface area (Å²) in [5, 5.41) is 1.28. The van der Waals surface area contributed by atoms with Gasteiger partial charge >= 0.3 is 0 Å². The minimum Gasteiger partial charge on any atom is -0.263 e. The van der Waals surface area contributed by atoms with Crippen LogP contribution in [0.2, 0.25) is 5.15 Å². The Morgan fingerprint density at radius 3 is 2.41 bits per heavy atom. The third kappa shape index (κ3) is 4.93. The Balaban J connectivity index is 1.92. The minimum atomic E-state index is -3.77. The minimum absolute atomic E-state index is 0.136. The molecule has 0 radical (unpaired) electrons. The first kappa shape index (κ1) is 19.1. The Kier molecular flexibility index (Phi) is 5.88. The summed E-state index contributed by atoms with van der Waals surface area (Å²) < 4.78 is 27.4. The normalized spacial score (nSPS) is 11.6. The number of halogens is 1. The summed E-state index contributed by atoms with van der Waals surface area (Å²) in [6.45, 7) is 2.06. The molecule has 7 heteroatoms. The highest BCUT2D eigenvalue weighted by Crippen LogP contribution is 2.32. The fraction of sp³-hybridized carbons (Fsp3) is 0.100. The van der Waals surface area contributed by atoms with Gasteiger partial charge in [-0.3, -0.25) is 4.72 Å². The quantitative estimate of drug-likeness (QED) is 0.606. The maximum atomic E-state index is 12.5. The van der Waals surface area contributed by atoms with E-state index < -0.39 is 10.0 Å². The lowest BCUT2D eigenvalue weighted by Crippen LogP contribution is -2.11. The Morgan fingerprint density at radius 1 is 1.04 bits per heavy atom. The predicted octanol–water partition coefficient (Wildman–Crippen LogP) is 4.77. The molecule has 0 aliphatic rings. The molecule has 2 aromatic carbocycles. The molecule has 0 saturated heterocycles. The van der Waals surface area contributed by atoms with Crippen molar-refractivity contribution < 1.29 is 8.42 Å². The van der Waals surface area contributed by atoms with Crippen LogP contribution in [-0.2, 0) is 16.4 Å². The number of aromatic nitrogens is 2. The summed E-state index contributed by atoms with van der Waals surface area (Å²) in [6.07, 6.45) is 3.65. The van der Waals surface area contributed by atoms with Crippen LogP contribution in [0.3, 0.4) is 0 Å². The van der Waals surface area contributed by atoms with Gasteiger partial charge in [-0.1, -0.05) is 73.1 Å². The average Bonchev–Trinajstić information content (AvgIpc) is 2.67. The Hall–Kier alpha value is -2.70. The number of sulfonamides is 1. The first-order valence-corrected chi connectivity index (χ1v) is 10.3. The molecular weight excluding hydrogens is 382 g/mol. The molecule has 3 aromatic rings. The molecule has 0 aliphatic carbocycles. The molecule has 0 amide bonds. The zero-order chi connectivity index (χ0) is 19.3. The topological polar surface area (TPSA) is 72.0 Å². The number of rotatable bonds is 6. The highest BCUT2D eigenvalue weighted by molar-refractivity contribution is 7.95. The molecule has 138 valence electrons. The molecule has 1 aromatic heterocycles. The van der Waals surface area contributed by atoms with Crippen LogP contribution in [0.5, 0.6) is 0 Å². The molecule has 0 aliphatic heterocycles. The second-order valence-electron chi connectivity index (χ2n) is 5.80. The van der Waals surface area contributed by atoms with E-state index in [9.17, 15) is 8.42 Å². The van der Waals surface area contributed by atoms with Gasteiger partial charge in [0, 0.05) is 0 Å². The van der Waals surface area contributed by atoms with Gasteiger partial charge in [0.1, 0.15) is 11.5 Å². The van der Waals surface area contributed by atoms with Crippen molar-refractivity contribution in [3.05, 3.63) is 82.6 Å². The fourth-order valence-corrected chi connectivity index (χ4v) is 3.58. The molecule has 5 nitrogen and oxygen atoms in total. The van der Waals surface area contributed by atoms with Crippen molar-refractivity contribution in [2.45, 2.75) is 13.3 Å². The number of benzene rings is 2. The highest BCUT2D eigenvalue weighted by atomic mass is 35.5. The molecule has 0 bridgehead atoms. The van der Waals surface area contributed by atoms with E-state index in [4.69, 9.17) is 11.6 Å². The number of aryl methyl sites for hydroxylation is 1. The Morgan fingerprint density at radius 2 is 1.74 bits per heavy atom. The van der Waals surface area contributed by atoms with E-state index in [-0.39, 0.29) is 11.0 Å². The lowest BCUT2D eigenvalue weighted by Gasteiger charge is -2.11. The maximum Gasteiger partial charge on any atom is 0.256 e. The second-order valence-corrected chi connectivity index (χ2v) is 7.72. The number of anilines is 1. The second kappa shape index (κ2) is 8.33. The van der Waals surface area contributed by atoms with E-state index in [0.717, 1.165) is 23.0 Å². The molecule has 0 saturated carbocycles. The number of hydrogen-bond acceptors (Lipinski definition) is 4. The molecule has 0 atom stereocenters. The van der Waals surface area contributed by atoms with Crippen LogP contribution in [0.4, 0.5) is 5.82 Å². The summed E-state index contributed by atoms with van der Waals surface area (Å²) in [5.41, 5.74) is 3.12.